The summed E-state index contributed by atoms with van der Waals surface area (Å²) in [6.07, 6.45) is 0.226. The first kappa shape index (κ1) is 15.4. The van der Waals surface area contributed by atoms with Crippen molar-refractivity contribution in [2.75, 3.05) is 31.1 Å². The predicted molar refractivity (Wildman–Crippen MR) is 92.4 cm³/mol. The third-order valence-electron chi connectivity index (χ3n) is 4.85. The van der Waals surface area contributed by atoms with E-state index in [0.717, 1.165) is 42.1 Å². The average Bonchev–Trinajstić information content (AvgIpc) is 3.03. The third kappa shape index (κ3) is 2.61. The van der Waals surface area contributed by atoms with Crippen LogP contribution in [0.4, 0.5) is 5.82 Å². The van der Waals surface area contributed by atoms with E-state index >= 15 is 0 Å². The molecule has 2 aliphatic heterocycles. The van der Waals surface area contributed by atoms with Gasteiger partial charge >= 0.3 is 0 Å². The Kier molecular flexibility index (Phi) is 3.86. The topological polar surface area (TPSA) is 70.5 Å². The highest BCUT2D eigenvalue weighted by Gasteiger charge is 2.36. The number of rotatable bonds is 2. The molecule has 0 radical (unpaired) electrons. The van der Waals surface area contributed by atoms with Crippen LogP contribution in [0.25, 0.3) is 11.3 Å². The molecule has 2 saturated heterocycles. The van der Waals surface area contributed by atoms with Gasteiger partial charge in [-0.3, -0.25) is 0 Å². The Morgan fingerprint density at radius 1 is 1.21 bits per heavy atom. The fraction of sp³-hybridized carbons (Fsp3) is 0.444. The first-order valence-electron chi connectivity index (χ1n) is 8.37. The molecule has 0 bridgehead atoms. The lowest BCUT2D eigenvalue weighted by molar-refractivity contribution is 0.0346. The van der Waals surface area contributed by atoms with Crippen LogP contribution in [0.3, 0.4) is 0 Å². The van der Waals surface area contributed by atoms with Crippen molar-refractivity contribution in [1.82, 2.24) is 15.5 Å². The van der Waals surface area contributed by atoms with Crippen LogP contribution in [0.2, 0.25) is 0 Å². The molecule has 2 N–H and O–H groups in total. The van der Waals surface area contributed by atoms with Gasteiger partial charge in [0.25, 0.3) is 0 Å². The van der Waals surface area contributed by atoms with Gasteiger partial charge in [0.05, 0.1) is 24.4 Å². The molecular formula is C18H22N4O2. The summed E-state index contributed by atoms with van der Waals surface area (Å²) in [4.78, 5) is 2.27. The second kappa shape index (κ2) is 6.03. The van der Waals surface area contributed by atoms with E-state index in [1.807, 2.05) is 32.0 Å². The lowest BCUT2D eigenvalue weighted by atomic mass is 10.0. The fourth-order valence-electron chi connectivity index (χ4n) is 3.76. The van der Waals surface area contributed by atoms with Gasteiger partial charge in [0.15, 0.2) is 5.82 Å². The van der Waals surface area contributed by atoms with Crippen LogP contribution in [0, 0.1) is 13.8 Å². The molecule has 0 unspecified atom stereocenters. The monoisotopic (exact) mass is 326 g/mol. The number of aromatic nitrogens is 2. The molecule has 2 atom stereocenters. The van der Waals surface area contributed by atoms with E-state index in [0.29, 0.717) is 18.3 Å². The van der Waals surface area contributed by atoms with Gasteiger partial charge in [0, 0.05) is 25.2 Å². The van der Waals surface area contributed by atoms with Crippen molar-refractivity contribution in [2.45, 2.75) is 26.0 Å². The maximum absolute atomic E-state index is 10.3. The molecular weight excluding hydrogens is 304 g/mol. The number of ether oxygens (including phenoxy) is 1. The summed E-state index contributed by atoms with van der Waals surface area (Å²) in [5, 5.41) is 22.4. The van der Waals surface area contributed by atoms with Gasteiger partial charge in [0.1, 0.15) is 5.75 Å². The highest BCUT2D eigenvalue weighted by molar-refractivity contribution is 5.71. The Bertz CT molecular complexity index is 724. The van der Waals surface area contributed by atoms with Crippen molar-refractivity contribution in [3.05, 3.63) is 35.4 Å². The van der Waals surface area contributed by atoms with Crippen molar-refractivity contribution in [2.24, 2.45) is 0 Å². The van der Waals surface area contributed by atoms with E-state index in [9.17, 15) is 5.11 Å². The van der Waals surface area contributed by atoms with Crippen molar-refractivity contribution >= 4 is 5.82 Å². The smallest absolute Gasteiger partial charge is 0.151 e. The number of benzene rings is 1. The van der Waals surface area contributed by atoms with Crippen LogP contribution in [0.15, 0.2) is 24.3 Å². The summed E-state index contributed by atoms with van der Waals surface area (Å²) < 4.78 is 5.80. The molecule has 0 aliphatic carbocycles. The van der Waals surface area contributed by atoms with Crippen LogP contribution in [-0.4, -0.2) is 53.7 Å². The van der Waals surface area contributed by atoms with Crippen LogP contribution in [0.1, 0.15) is 11.1 Å². The van der Waals surface area contributed by atoms with Gasteiger partial charge in [-0.1, -0.05) is 6.07 Å². The Morgan fingerprint density at radius 2 is 2.08 bits per heavy atom. The van der Waals surface area contributed by atoms with Gasteiger partial charge in [-0.15, -0.1) is 10.2 Å². The molecule has 6 heteroatoms. The number of aromatic hydroxyl groups is 1. The predicted octanol–water partition coefficient (Wildman–Crippen LogP) is 1.64. The fourth-order valence-corrected chi connectivity index (χ4v) is 3.76. The maximum atomic E-state index is 10.3. The molecule has 2 aliphatic rings. The summed E-state index contributed by atoms with van der Waals surface area (Å²) in [6, 6.07) is 8.04. The molecule has 0 saturated carbocycles. The third-order valence-corrected chi connectivity index (χ3v) is 4.85. The van der Waals surface area contributed by atoms with Crippen LogP contribution < -0.4 is 10.2 Å². The molecule has 1 aromatic carbocycles. The number of phenols is 1. The number of phenolic OH excluding ortho intramolecular Hbond substituents is 1. The molecule has 0 amide bonds. The zero-order valence-corrected chi connectivity index (χ0v) is 14.0. The van der Waals surface area contributed by atoms with E-state index in [-0.39, 0.29) is 11.9 Å². The molecule has 126 valence electrons. The molecule has 2 aromatic rings. The van der Waals surface area contributed by atoms with Crippen LogP contribution in [0.5, 0.6) is 5.75 Å². The minimum Gasteiger partial charge on any atom is -0.507 e. The van der Waals surface area contributed by atoms with Gasteiger partial charge in [-0.05, 0) is 43.2 Å². The molecule has 0 spiro atoms. The second-order valence-electron chi connectivity index (χ2n) is 6.58. The highest BCUT2D eigenvalue weighted by Crippen LogP contribution is 2.33. The van der Waals surface area contributed by atoms with Gasteiger partial charge in [-0.2, -0.15) is 0 Å². The summed E-state index contributed by atoms with van der Waals surface area (Å²) in [5.74, 6) is 1.12. The van der Waals surface area contributed by atoms with Gasteiger partial charge in [-0.25, -0.2) is 0 Å². The van der Waals surface area contributed by atoms with Crippen molar-refractivity contribution in [1.29, 1.82) is 0 Å². The second-order valence-corrected chi connectivity index (χ2v) is 6.58. The first-order valence-corrected chi connectivity index (χ1v) is 8.37. The van der Waals surface area contributed by atoms with E-state index in [1.54, 1.807) is 6.07 Å². The number of fused-ring (bicyclic) bond motifs is 1. The number of hydrogen-bond acceptors (Lipinski definition) is 6. The number of morpholine rings is 1. The number of nitrogens with zero attached hydrogens (tertiary/aromatic N) is 3. The summed E-state index contributed by atoms with van der Waals surface area (Å²) in [7, 11) is 0. The number of aryl methyl sites for hydroxylation is 2. The lowest BCUT2D eigenvalue weighted by Gasteiger charge is -2.37. The Morgan fingerprint density at radius 3 is 2.83 bits per heavy atom. The molecule has 6 nitrogen and oxygen atoms in total. The molecule has 1 aromatic heterocycles. The highest BCUT2D eigenvalue weighted by atomic mass is 16.5. The van der Waals surface area contributed by atoms with Crippen molar-refractivity contribution in [3.8, 4) is 17.0 Å². The van der Waals surface area contributed by atoms with E-state index in [2.05, 4.69) is 20.4 Å². The summed E-state index contributed by atoms with van der Waals surface area (Å²) >= 11 is 0. The first-order chi connectivity index (χ1) is 11.6. The Labute approximate surface area is 141 Å². The average molecular weight is 326 g/mol. The van der Waals surface area contributed by atoms with Crippen molar-refractivity contribution < 1.29 is 9.84 Å². The zero-order valence-electron chi connectivity index (χ0n) is 14.0. The molecule has 4 rings (SSSR count). The minimum atomic E-state index is 0.226. The largest absolute Gasteiger partial charge is 0.507 e. The Hall–Kier alpha value is -2.18. The van der Waals surface area contributed by atoms with Crippen molar-refractivity contribution in [3.63, 3.8) is 0 Å². The van der Waals surface area contributed by atoms with Gasteiger partial charge in [0.2, 0.25) is 0 Å². The lowest BCUT2D eigenvalue weighted by Crippen LogP contribution is -2.51. The quantitative estimate of drug-likeness (QED) is 0.874. The van der Waals surface area contributed by atoms with Gasteiger partial charge < -0.3 is 20.1 Å². The summed E-state index contributed by atoms with van der Waals surface area (Å²) in [6.45, 7) is 7.29. The molecule has 2 fully saturated rings. The number of hydrogen-bond donors (Lipinski definition) is 2. The number of anilines is 1. The van der Waals surface area contributed by atoms with Crippen LogP contribution >= 0.6 is 0 Å². The van der Waals surface area contributed by atoms with E-state index < -0.39 is 0 Å². The van der Waals surface area contributed by atoms with E-state index in [4.69, 9.17) is 4.74 Å². The molecule has 3 heterocycles. The molecule has 24 heavy (non-hydrogen) atoms. The Balaban J connectivity index is 1.64. The standard InChI is InChI=1S/C18H22N4O2/c1-11-7-12(2)18(15(23)8-11)13-3-4-17(21-20-13)22-5-6-24-16-10-19-9-14(16)22/h3-4,7-8,14,16,19,23H,5-6,9-10H2,1-2H3/t14-,16-/m1/s1. The summed E-state index contributed by atoms with van der Waals surface area (Å²) in [5.41, 5.74) is 3.48. The SMILES string of the molecule is Cc1cc(C)c(-c2ccc(N3CCO[C@@H]4CNC[C@H]43)nn2)c(O)c1. The normalized spacial score (nSPS) is 23.3. The zero-order chi connectivity index (χ0) is 16.7. The maximum Gasteiger partial charge on any atom is 0.151 e. The number of nitrogens with one attached hydrogen (secondary N) is 1. The minimum absolute atomic E-state index is 0.226. The van der Waals surface area contributed by atoms with E-state index in [1.165, 1.54) is 0 Å². The van der Waals surface area contributed by atoms with Crippen LogP contribution in [-0.2, 0) is 4.74 Å².